The van der Waals surface area contributed by atoms with Crippen molar-refractivity contribution in [2.45, 2.75) is 31.5 Å². The molecule has 0 aliphatic rings. The van der Waals surface area contributed by atoms with Gasteiger partial charge in [-0.15, -0.1) is 0 Å². The van der Waals surface area contributed by atoms with Crippen LogP contribution in [-0.2, 0) is 28.6 Å². The molecule has 0 heterocycles. The van der Waals surface area contributed by atoms with Crippen LogP contribution in [0.4, 0.5) is 13.2 Å². The van der Waals surface area contributed by atoms with Gasteiger partial charge in [0.1, 0.15) is 6.04 Å². The number of nitrogens with one attached hydrogen (secondary N) is 1. The molecule has 0 bridgehead atoms. The zero-order valence-corrected chi connectivity index (χ0v) is 13.8. The summed E-state index contributed by atoms with van der Waals surface area (Å²) in [5, 5.41) is 11.6. The number of hydrogen-bond donors (Lipinski definition) is 2. The quantitative estimate of drug-likeness (QED) is 0.790. The topological polar surface area (TPSA) is 66.4 Å². The number of amides is 1. The van der Waals surface area contributed by atoms with Gasteiger partial charge in [-0.25, -0.2) is 4.79 Å². The maximum Gasteiger partial charge on any atom is 0.416 e. The maximum absolute atomic E-state index is 12.7. The molecule has 0 aliphatic carbocycles. The highest BCUT2D eigenvalue weighted by molar-refractivity contribution is 5.83. The molecular weight excluding hydrogens is 347 g/mol. The Morgan fingerprint density at radius 2 is 1.65 bits per heavy atom. The molecule has 4 nitrogen and oxygen atoms in total. The van der Waals surface area contributed by atoms with Crippen molar-refractivity contribution in [2.75, 3.05) is 0 Å². The Morgan fingerprint density at radius 1 is 1.00 bits per heavy atom. The number of benzene rings is 2. The van der Waals surface area contributed by atoms with Gasteiger partial charge in [0.05, 0.1) is 5.56 Å². The highest BCUT2D eigenvalue weighted by atomic mass is 19.4. The minimum atomic E-state index is -4.51. The predicted molar refractivity (Wildman–Crippen MR) is 89.5 cm³/mol. The summed E-state index contributed by atoms with van der Waals surface area (Å²) in [4.78, 5) is 23.4. The summed E-state index contributed by atoms with van der Waals surface area (Å²) in [6, 6.07) is 12.4. The molecule has 2 N–H and O–H groups in total. The molecule has 7 heteroatoms. The minimum Gasteiger partial charge on any atom is -0.480 e. The fourth-order valence-corrected chi connectivity index (χ4v) is 2.48. The fraction of sp³-hybridized carbons (Fsp3) is 0.263. The molecule has 26 heavy (non-hydrogen) atoms. The van der Waals surface area contributed by atoms with Crippen molar-refractivity contribution in [2.24, 2.45) is 0 Å². The minimum absolute atomic E-state index is 0.0936. The molecule has 0 unspecified atom stereocenters. The average molecular weight is 365 g/mol. The number of aliphatic carboxylic acids is 1. The number of aryl methyl sites for hydroxylation is 1. The van der Waals surface area contributed by atoms with E-state index in [-0.39, 0.29) is 18.4 Å². The van der Waals surface area contributed by atoms with Crippen LogP contribution in [0.15, 0.2) is 54.6 Å². The number of carbonyl (C=O) groups is 2. The lowest BCUT2D eigenvalue weighted by molar-refractivity contribution is -0.141. The van der Waals surface area contributed by atoms with Crippen molar-refractivity contribution in [3.8, 4) is 0 Å². The van der Waals surface area contributed by atoms with E-state index >= 15 is 0 Å². The Labute approximate surface area is 148 Å². The molecule has 0 saturated heterocycles. The number of carboxylic acids is 1. The highest BCUT2D eigenvalue weighted by Gasteiger charge is 2.31. The van der Waals surface area contributed by atoms with Gasteiger partial charge in [-0.05, 0) is 23.6 Å². The molecule has 0 fully saturated rings. The van der Waals surface area contributed by atoms with Crippen LogP contribution in [-0.4, -0.2) is 23.0 Å². The predicted octanol–water partition coefficient (Wildman–Crippen LogP) is 3.45. The van der Waals surface area contributed by atoms with Crippen LogP contribution in [0.1, 0.15) is 23.1 Å². The zero-order valence-electron chi connectivity index (χ0n) is 13.8. The smallest absolute Gasteiger partial charge is 0.416 e. The highest BCUT2D eigenvalue weighted by Crippen LogP contribution is 2.29. The summed E-state index contributed by atoms with van der Waals surface area (Å²) >= 11 is 0. The van der Waals surface area contributed by atoms with E-state index in [1.807, 2.05) is 30.3 Å². The van der Waals surface area contributed by atoms with Crippen LogP contribution in [0, 0.1) is 0 Å². The SMILES string of the molecule is O=C(CCc1ccccc1)N[C@H](Cc1cccc(C(F)(F)F)c1)C(=O)O. The first-order chi connectivity index (χ1) is 12.3. The first-order valence-corrected chi connectivity index (χ1v) is 7.98. The molecule has 2 aromatic rings. The first kappa shape index (κ1) is 19.5. The second kappa shape index (κ2) is 8.51. The summed E-state index contributed by atoms with van der Waals surface area (Å²) < 4.78 is 38.2. The van der Waals surface area contributed by atoms with Crippen LogP contribution < -0.4 is 5.32 Å². The first-order valence-electron chi connectivity index (χ1n) is 7.98. The van der Waals surface area contributed by atoms with E-state index in [1.54, 1.807) is 0 Å². The number of hydrogen-bond acceptors (Lipinski definition) is 2. The van der Waals surface area contributed by atoms with Crippen molar-refractivity contribution in [3.63, 3.8) is 0 Å². The van der Waals surface area contributed by atoms with Crippen LogP contribution in [0.25, 0.3) is 0 Å². The van der Waals surface area contributed by atoms with Crippen LogP contribution in [0.2, 0.25) is 0 Å². The molecule has 0 radical (unpaired) electrons. The van der Waals surface area contributed by atoms with Crippen molar-refractivity contribution in [1.29, 1.82) is 0 Å². The normalized spacial score (nSPS) is 12.4. The molecular formula is C19H18F3NO3. The lowest BCUT2D eigenvalue weighted by Crippen LogP contribution is -2.42. The maximum atomic E-state index is 12.7. The number of halogens is 3. The van der Waals surface area contributed by atoms with Crippen LogP contribution in [0.5, 0.6) is 0 Å². The summed E-state index contributed by atoms with van der Waals surface area (Å²) in [6.45, 7) is 0. The van der Waals surface area contributed by atoms with Crippen molar-refractivity contribution < 1.29 is 27.9 Å². The van der Waals surface area contributed by atoms with E-state index in [0.717, 1.165) is 17.7 Å². The number of carboxylic acid groups (broad SMARTS) is 1. The van der Waals surface area contributed by atoms with Crippen molar-refractivity contribution in [1.82, 2.24) is 5.32 Å². The van der Waals surface area contributed by atoms with E-state index in [0.29, 0.717) is 6.42 Å². The Hall–Kier alpha value is -2.83. The molecule has 0 aromatic heterocycles. The Bertz CT molecular complexity index is 760. The largest absolute Gasteiger partial charge is 0.480 e. The third-order valence-electron chi connectivity index (χ3n) is 3.81. The van der Waals surface area contributed by atoms with Gasteiger partial charge in [0.15, 0.2) is 0 Å². The Balaban J connectivity index is 1.98. The van der Waals surface area contributed by atoms with Gasteiger partial charge in [0.2, 0.25) is 5.91 Å². The van der Waals surface area contributed by atoms with E-state index in [9.17, 15) is 27.9 Å². The van der Waals surface area contributed by atoms with Gasteiger partial charge in [-0.1, -0.05) is 48.5 Å². The Kier molecular flexibility index (Phi) is 6.38. The Morgan fingerprint density at radius 3 is 2.27 bits per heavy atom. The molecule has 2 aromatic carbocycles. The summed E-state index contributed by atoms with van der Waals surface area (Å²) in [5.41, 5.74) is 0.275. The fourth-order valence-electron chi connectivity index (χ4n) is 2.48. The third kappa shape index (κ3) is 5.91. The van der Waals surface area contributed by atoms with Gasteiger partial charge >= 0.3 is 12.1 Å². The molecule has 1 atom stereocenters. The van der Waals surface area contributed by atoms with E-state index < -0.39 is 29.7 Å². The lowest BCUT2D eigenvalue weighted by Gasteiger charge is -2.16. The van der Waals surface area contributed by atoms with Crippen LogP contribution in [0.3, 0.4) is 0 Å². The zero-order chi connectivity index (χ0) is 19.2. The molecule has 1 amide bonds. The monoisotopic (exact) mass is 365 g/mol. The lowest BCUT2D eigenvalue weighted by atomic mass is 10.0. The third-order valence-corrected chi connectivity index (χ3v) is 3.81. The average Bonchev–Trinajstić information content (AvgIpc) is 2.60. The molecule has 0 saturated carbocycles. The summed E-state index contributed by atoms with van der Waals surface area (Å²) in [6.07, 6.45) is -4.19. The number of rotatable bonds is 7. The van der Waals surface area contributed by atoms with Crippen molar-refractivity contribution >= 4 is 11.9 Å². The van der Waals surface area contributed by atoms with Gasteiger partial charge in [-0.2, -0.15) is 13.2 Å². The molecule has 0 spiro atoms. The molecule has 138 valence electrons. The van der Waals surface area contributed by atoms with Gasteiger partial charge < -0.3 is 10.4 Å². The second-order valence-electron chi connectivity index (χ2n) is 5.85. The number of carbonyl (C=O) groups excluding carboxylic acids is 1. The van der Waals surface area contributed by atoms with Gasteiger partial charge in [0, 0.05) is 12.8 Å². The van der Waals surface area contributed by atoms with Gasteiger partial charge in [0.25, 0.3) is 0 Å². The van der Waals surface area contributed by atoms with Crippen LogP contribution >= 0.6 is 0 Å². The number of alkyl halides is 3. The summed E-state index contributed by atoms with van der Waals surface area (Å²) in [7, 11) is 0. The van der Waals surface area contributed by atoms with E-state index in [1.165, 1.54) is 12.1 Å². The van der Waals surface area contributed by atoms with E-state index in [2.05, 4.69) is 5.32 Å². The van der Waals surface area contributed by atoms with Gasteiger partial charge in [-0.3, -0.25) is 4.79 Å². The van der Waals surface area contributed by atoms with E-state index in [4.69, 9.17) is 0 Å². The standard InChI is InChI=1S/C19H18F3NO3/c20-19(21,22)15-8-4-7-14(11-15)12-16(18(25)26)23-17(24)10-9-13-5-2-1-3-6-13/h1-8,11,16H,9-10,12H2,(H,23,24)(H,25,26)/t16-/m1/s1. The second-order valence-corrected chi connectivity index (χ2v) is 5.85. The molecule has 0 aliphatic heterocycles. The van der Waals surface area contributed by atoms with Crippen molar-refractivity contribution in [3.05, 3.63) is 71.3 Å². The molecule has 2 rings (SSSR count). The summed E-state index contributed by atoms with van der Waals surface area (Å²) in [5.74, 6) is -1.76.